The van der Waals surface area contributed by atoms with Crippen LogP contribution in [0.15, 0.2) is 53.8 Å². The number of ether oxygens (including phenoxy) is 1. The number of benzene rings is 1. The van der Waals surface area contributed by atoms with E-state index in [1.165, 1.54) is 6.21 Å². The van der Waals surface area contributed by atoms with Crippen LogP contribution in [0.25, 0.3) is 0 Å². The first-order valence-electron chi connectivity index (χ1n) is 9.97. The molecule has 5 nitrogen and oxygen atoms in total. The van der Waals surface area contributed by atoms with Gasteiger partial charge in [0.2, 0.25) is 0 Å². The minimum atomic E-state index is -0.239. The van der Waals surface area contributed by atoms with Crippen LogP contribution in [0, 0.1) is 10.8 Å². The van der Waals surface area contributed by atoms with Crippen molar-refractivity contribution in [3.05, 3.63) is 59.3 Å². The maximum atomic E-state index is 12.4. The lowest BCUT2D eigenvalue weighted by molar-refractivity contribution is 0.0722. The number of nitrogens with one attached hydrogen (secondary N) is 2. The third-order valence-electron chi connectivity index (χ3n) is 5.40. The van der Waals surface area contributed by atoms with Crippen molar-refractivity contribution in [1.82, 2.24) is 10.2 Å². The fourth-order valence-electron chi connectivity index (χ4n) is 3.84. The van der Waals surface area contributed by atoms with Gasteiger partial charge in [-0.1, -0.05) is 36.4 Å². The van der Waals surface area contributed by atoms with Crippen molar-refractivity contribution < 1.29 is 9.53 Å². The van der Waals surface area contributed by atoms with Crippen molar-refractivity contribution in [3.63, 3.8) is 0 Å². The van der Waals surface area contributed by atoms with Crippen molar-refractivity contribution in [3.8, 4) is 0 Å². The van der Waals surface area contributed by atoms with Gasteiger partial charge in [-0.2, -0.15) is 0 Å². The van der Waals surface area contributed by atoms with E-state index in [1.54, 1.807) is 4.90 Å². The highest BCUT2D eigenvalue weighted by molar-refractivity contribution is 5.78. The monoisotopic (exact) mass is 381 g/mol. The molecule has 0 unspecified atom stereocenters. The first kappa shape index (κ1) is 20.2. The van der Waals surface area contributed by atoms with Crippen LogP contribution < -0.4 is 5.32 Å². The molecule has 1 aliphatic heterocycles. The van der Waals surface area contributed by atoms with Gasteiger partial charge in [-0.05, 0) is 62.7 Å². The number of piperidine rings is 1. The Morgan fingerprint density at radius 3 is 2.54 bits per heavy atom. The maximum absolute atomic E-state index is 12.4. The minimum absolute atomic E-state index is 0.0339. The maximum Gasteiger partial charge on any atom is 0.410 e. The van der Waals surface area contributed by atoms with Crippen molar-refractivity contribution in [2.24, 2.45) is 5.41 Å². The van der Waals surface area contributed by atoms with Crippen LogP contribution in [0.4, 0.5) is 4.79 Å². The van der Waals surface area contributed by atoms with Gasteiger partial charge in [-0.3, -0.25) is 0 Å². The van der Waals surface area contributed by atoms with Crippen LogP contribution in [0.5, 0.6) is 0 Å². The molecule has 1 fully saturated rings. The highest BCUT2D eigenvalue weighted by Crippen LogP contribution is 2.42. The lowest BCUT2D eigenvalue weighted by Crippen LogP contribution is -2.44. The third kappa shape index (κ3) is 5.03. The Balaban J connectivity index is 1.55. The van der Waals surface area contributed by atoms with Gasteiger partial charge in [0.05, 0.1) is 0 Å². The number of carbonyl (C=O) groups is 1. The summed E-state index contributed by atoms with van der Waals surface area (Å²) in [5, 5.41) is 11.3. The smallest absolute Gasteiger partial charge is 0.410 e. The molecular formula is C23H31N3O2. The molecule has 2 aliphatic rings. The van der Waals surface area contributed by atoms with Crippen LogP contribution in [0.2, 0.25) is 0 Å². The average molecular weight is 382 g/mol. The molecular weight excluding hydrogens is 350 g/mol. The van der Waals surface area contributed by atoms with Crippen LogP contribution in [-0.4, -0.2) is 35.8 Å². The fraction of sp³-hybridized carbons (Fsp3) is 0.478. The number of hydrogen-bond acceptors (Lipinski definition) is 4. The van der Waals surface area contributed by atoms with E-state index in [0.717, 1.165) is 36.1 Å². The molecule has 1 aromatic rings. The summed E-state index contributed by atoms with van der Waals surface area (Å²) < 4.78 is 5.47. The number of allylic oxidation sites excluding steroid dienone is 3. The Kier molecular flexibility index (Phi) is 5.92. The molecule has 0 saturated carbocycles. The Labute approximate surface area is 168 Å². The zero-order valence-corrected chi connectivity index (χ0v) is 17.1. The van der Waals surface area contributed by atoms with E-state index in [0.29, 0.717) is 19.7 Å². The van der Waals surface area contributed by atoms with Crippen LogP contribution >= 0.6 is 0 Å². The van der Waals surface area contributed by atoms with E-state index < -0.39 is 0 Å². The SMILES string of the molecule is CC(C)(C)NC1=C(C=N)CC2(C=C1)CCN(C(=O)OCc1ccccc1)CC2. The molecule has 1 aliphatic carbocycles. The molecule has 1 amide bonds. The van der Waals surface area contributed by atoms with Gasteiger partial charge in [0, 0.05) is 30.5 Å². The molecule has 0 radical (unpaired) electrons. The van der Waals surface area contributed by atoms with E-state index in [1.807, 2.05) is 30.3 Å². The number of hydrogen-bond donors (Lipinski definition) is 2. The van der Waals surface area contributed by atoms with Gasteiger partial charge in [0.1, 0.15) is 6.61 Å². The van der Waals surface area contributed by atoms with Gasteiger partial charge in [-0.15, -0.1) is 0 Å². The largest absolute Gasteiger partial charge is 0.445 e. The number of carbonyl (C=O) groups excluding carboxylic acids is 1. The molecule has 0 bridgehead atoms. The fourth-order valence-corrected chi connectivity index (χ4v) is 3.84. The van der Waals surface area contributed by atoms with Crippen molar-refractivity contribution in [2.45, 2.75) is 52.2 Å². The molecule has 1 saturated heterocycles. The van der Waals surface area contributed by atoms with Gasteiger partial charge in [0.25, 0.3) is 0 Å². The number of likely N-dealkylation sites (tertiary alicyclic amines) is 1. The standard InChI is InChI=1S/C23H31N3O2/c1-22(2,3)25-20-9-10-23(15-19(20)16-24)11-13-26(14-12-23)21(27)28-17-18-7-5-4-6-8-18/h4-10,16,24-25H,11-15,17H2,1-3H3. The number of nitrogens with zero attached hydrogens (tertiary/aromatic N) is 1. The van der Waals surface area contributed by atoms with E-state index in [9.17, 15) is 4.79 Å². The van der Waals surface area contributed by atoms with Crippen LogP contribution in [0.1, 0.15) is 45.6 Å². The molecule has 1 heterocycles. The number of rotatable bonds is 4. The van der Waals surface area contributed by atoms with E-state index in [-0.39, 0.29) is 17.0 Å². The lowest BCUT2D eigenvalue weighted by Gasteiger charge is -2.42. The third-order valence-corrected chi connectivity index (χ3v) is 5.40. The second-order valence-electron chi connectivity index (χ2n) is 8.86. The predicted molar refractivity (Wildman–Crippen MR) is 112 cm³/mol. The summed E-state index contributed by atoms with van der Waals surface area (Å²) in [5.74, 6) is 0. The first-order valence-corrected chi connectivity index (χ1v) is 9.97. The van der Waals surface area contributed by atoms with E-state index in [4.69, 9.17) is 10.1 Å². The molecule has 0 aromatic heterocycles. The summed E-state index contributed by atoms with van der Waals surface area (Å²) in [4.78, 5) is 14.2. The van der Waals surface area contributed by atoms with Crippen molar-refractivity contribution in [2.75, 3.05) is 13.1 Å². The minimum Gasteiger partial charge on any atom is -0.445 e. The average Bonchev–Trinajstić information content (AvgIpc) is 2.68. The summed E-state index contributed by atoms with van der Waals surface area (Å²) in [7, 11) is 0. The van der Waals surface area contributed by atoms with E-state index >= 15 is 0 Å². The molecule has 5 heteroatoms. The number of amides is 1. The van der Waals surface area contributed by atoms with Crippen LogP contribution in [0.3, 0.4) is 0 Å². The Morgan fingerprint density at radius 1 is 1.25 bits per heavy atom. The molecule has 1 spiro atoms. The summed E-state index contributed by atoms with van der Waals surface area (Å²) >= 11 is 0. The Morgan fingerprint density at radius 2 is 1.93 bits per heavy atom. The van der Waals surface area contributed by atoms with Crippen molar-refractivity contribution >= 4 is 12.3 Å². The second kappa shape index (κ2) is 8.21. The molecule has 2 N–H and O–H groups in total. The summed E-state index contributed by atoms with van der Waals surface area (Å²) in [5.41, 5.74) is 3.07. The summed E-state index contributed by atoms with van der Waals surface area (Å²) in [6, 6.07) is 9.76. The lowest BCUT2D eigenvalue weighted by atomic mass is 9.71. The summed E-state index contributed by atoms with van der Waals surface area (Å²) in [6.07, 6.45) is 8.27. The molecule has 0 atom stereocenters. The Hall–Kier alpha value is -2.56. The molecule has 150 valence electrons. The highest BCUT2D eigenvalue weighted by atomic mass is 16.6. The molecule has 28 heavy (non-hydrogen) atoms. The zero-order valence-electron chi connectivity index (χ0n) is 17.1. The van der Waals surface area contributed by atoms with E-state index in [2.05, 4.69) is 38.2 Å². The predicted octanol–water partition coefficient (Wildman–Crippen LogP) is 4.66. The summed E-state index contributed by atoms with van der Waals surface area (Å²) in [6.45, 7) is 8.05. The van der Waals surface area contributed by atoms with Gasteiger partial charge >= 0.3 is 6.09 Å². The second-order valence-corrected chi connectivity index (χ2v) is 8.86. The van der Waals surface area contributed by atoms with Gasteiger partial charge in [0.15, 0.2) is 0 Å². The topological polar surface area (TPSA) is 65.4 Å². The normalized spacial score (nSPS) is 18.9. The highest BCUT2D eigenvalue weighted by Gasteiger charge is 2.37. The zero-order chi connectivity index (χ0) is 20.2. The van der Waals surface area contributed by atoms with Crippen LogP contribution in [-0.2, 0) is 11.3 Å². The molecule has 1 aromatic carbocycles. The van der Waals surface area contributed by atoms with Gasteiger partial charge < -0.3 is 20.4 Å². The quantitative estimate of drug-likeness (QED) is 0.746. The van der Waals surface area contributed by atoms with Crippen molar-refractivity contribution in [1.29, 1.82) is 5.41 Å². The Bertz CT molecular complexity index is 767. The molecule has 3 rings (SSSR count). The first-order chi connectivity index (χ1) is 13.3. The van der Waals surface area contributed by atoms with Gasteiger partial charge in [-0.25, -0.2) is 4.79 Å².